The summed E-state index contributed by atoms with van der Waals surface area (Å²) >= 11 is 6.52. The molecule has 1 atom stereocenters. The summed E-state index contributed by atoms with van der Waals surface area (Å²) in [4.78, 5) is 11.5. The molecule has 0 aliphatic carbocycles. The van der Waals surface area contributed by atoms with Gasteiger partial charge in [-0.25, -0.2) is 9.97 Å². The van der Waals surface area contributed by atoms with E-state index in [9.17, 15) is 0 Å². The second kappa shape index (κ2) is 10.5. The lowest BCUT2D eigenvalue weighted by atomic mass is 10.1. The van der Waals surface area contributed by atoms with E-state index in [-0.39, 0.29) is 13.1 Å². The highest BCUT2D eigenvalue weighted by Crippen LogP contribution is 2.46. The standard InChI is InChI=1S/C26H29ClN4O5/c27-18-6-7-20-25(35-16-34-20)24(18)30-26-23-19(28-15-29-26)13-17(32-12-10-31-8-2-3-9-31)14-21(23)36-22-5-1-4-11-33-22/h6-7,13-15,22H,1-5,8-12,16H2,(H,28,29,30). The highest BCUT2D eigenvalue weighted by molar-refractivity contribution is 6.34. The van der Waals surface area contributed by atoms with Gasteiger partial charge in [0.15, 0.2) is 17.8 Å². The molecule has 0 saturated carbocycles. The van der Waals surface area contributed by atoms with E-state index in [0.717, 1.165) is 38.9 Å². The number of fused-ring (bicyclic) bond motifs is 2. The number of nitrogens with one attached hydrogen (secondary N) is 1. The quantitative estimate of drug-likeness (QED) is 0.441. The third kappa shape index (κ3) is 4.96. The molecule has 1 unspecified atom stereocenters. The van der Waals surface area contributed by atoms with E-state index in [0.29, 0.717) is 63.6 Å². The van der Waals surface area contributed by atoms with Crippen LogP contribution in [-0.2, 0) is 4.74 Å². The fraction of sp³-hybridized carbons (Fsp3) is 0.462. The number of benzene rings is 2. The van der Waals surface area contributed by atoms with Gasteiger partial charge in [0, 0.05) is 25.1 Å². The van der Waals surface area contributed by atoms with Crippen LogP contribution in [0.4, 0.5) is 11.5 Å². The Hall–Kier alpha value is -3.01. The molecule has 1 aromatic heterocycles. The molecule has 6 rings (SSSR count). The van der Waals surface area contributed by atoms with Gasteiger partial charge in [-0.15, -0.1) is 0 Å². The minimum absolute atomic E-state index is 0.139. The minimum atomic E-state index is -0.337. The number of nitrogens with zero attached hydrogens (tertiary/aromatic N) is 3. The van der Waals surface area contributed by atoms with Gasteiger partial charge in [0.25, 0.3) is 0 Å². The van der Waals surface area contributed by atoms with E-state index in [1.165, 1.54) is 19.2 Å². The fourth-order valence-corrected chi connectivity index (χ4v) is 5.02. The van der Waals surface area contributed by atoms with Crippen LogP contribution in [0.25, 0.3) is 10.9 Å². The Morgan fingerprint density at radius 2 is 2.00 bits per heavy atom. The maximum Gasteiger partial charge on any atom is 0.231 e. The second-order valence-corrected chi connectivity index (χ2v) is 9.54. The lowest BCUT2D eigenvalue weighted by Gasteiger charge is -2.25. The zero-order valence-electron chi connectivity index (χ0n) is 20.0. The zero-order chi connectivity index (χ0) is 24.3. The first kappa shape index (κ1) is 23.4. The van der Waals surface area contributed by atoms with E-state index < -0.39 is 0 Å². The summed E-state index contributed by atoms with van der Waals surface area (Å²) in [5.74, 6) is 3.02. The number of likely N-dealkylation sites (tertiary alicyclic amines) is 1. The van der Waals surface area contributed by atoms with Gasteiger partial charge in [0.2, 0.25) is 6.79 Å². The Kier molecular flexibility index (Phi) is 6.85. The van der Waals surface area contributed by atoms with Gasteiger partial charge in [0.05, 0.1) is 22.5 Å². The minimum Gasteiger partial charge on any atom is -0.492 e. The molecule has 9 nitrogen and oxygen atoms in total. The van der Waals surface area contributed by atoms with Crippen LogP contribution in [0.15, 0.2) is 30.6 Å². The molecule has 3 aromatic rings. The summed E-state index contributed by atoms with van der Waals surface area (Å²) in [5, 5.41) is 4.54. The van der Waals surface area contributed by atoms with Gasteiger partial charge >= 0.3 is 0 Å². The summed E-state index contributed by atoms with van der Waals surface area (Å²) in [6.45, 7) is 4.59. The van der Waals surface area contributed by atoms with E-state index in [1.807, 2.05) is 12.1 Å². The highest BCUT2D eigenvalue weighted by atomic mass is 35.5. The Balaban J connectivity index is 1.34. The number of halogens is 1. The number of ether oxygens (including phenoxy) is 5. The van der Waals surface area contributed by atoms with Gasteiger partial charge in [-0.3, -0.25) is 4.90 Å². The van der Waals surface area contributed by atoms with Crippen molar-refractivity contribution in [1.29, 1.82) is 0 Å². The zero-order valence-corrected chi connectivity index (χ0v) is 20.8. The topological polar surface area (TPSA) is 87.2 Å². The summed E-state index contributed by atoms with van der Waals surface area (Å²) in [6, 6.07) is 7.36. The third-order valence-electron chi connectivity index (χ3n) is 6.68. The van der Waals surface area contributed by atoms with Crippen molar-refractivity contribution in [2.24, 2.45) is 0 Å². The van der Waals surface area contributed by atoms with Crippen LogP contribution in [-0.4, -0.2) is 60.8 Å². The molecule has 190 valence electrons. The van der Waals surface area contributed by atoms with E-state index in [4.69, 9.17) is 35.3 Å². The molecule has 3 aliphatic heterocycles. The fourth-order valence-electron chi connectivity index (χ4n) is 4.83. The average molecular weight is 513 g/mol. The molecule has 4 heterocycles. The lowest BCUT2D eigenvalue weighted by molar-refractivity contribution is -0.105. The van der Waals surface area contributed by atoms with E-state index in [1.54, 1.807) is 12.1 Å². The van der Waals surface area contributed by atoms with E-state index in [2.05, 4.69) is 20.2 Å². The predicted molar refractivity (Wildman–Crippen MR) is 136 cm³/mol. The largest absolute Gasteiger partial charge is 0.492 e. The average Bonchev–Trinajstić information content (AvgIpc) is 3.59. The molecule has 0 radical (unpaired) electrons. The first-order valence-electron chi connectivity index (χ1n) is 12.5. The van der Waals surface area contributed by atoms with Crippen molar-refractivity contribution in [1.82, 2.24) is 14.9 Å². The molecule has 2 fully saturated rings. The normalized spacial score (nSPS) is 19.5. The Labute approximate surface area is 214 Å². The molecule has 0 spiro atoms. The van der Waals surface area contributed by atoms with Crippen LogP contribution in [0.3, 0.4) is 0 Å². The van der Waals surface area contributed by atoms with Crippen molar-refractivity contribution < 1.29 is 23.7 Å². The molecule has 0 bridgehead atoms. The summed E-state index contributed by atoms with van der Waals surface area (Å²) in [6.07, 6.45) is 6.60. The summed E-state index contributed by atoms with van der Waals surface area (Å²) in [5.41, 5.74) is 1.27. The van der Waals surface area contributed by atoms with Crippen LogP contribution in [0.5, 0.6) is 23.0 Å². The number of rotatable bonds is 8. The highest BCUT2D eigenvalue weighted by Gasteiger charge is 2.24. The Bertz CT molecular complexity index is 1230. The van der Waals surface area contributed by atoms with Crippen molar-refractivity contribution in [3.05, 3.63) is 35.6 Å². The van der Waals surface area contributed by atoms with Gasteiger partial charge in [-0.1, -0.05) is 11.6 Å². The molecule has 0 amide bonds. The first-order chi connectivity index (χ1) is 17.7. The van der Waals surface area contributed by atoms with Crippen molar-refractivity contribution in [2.75, 3.05) is 45.0 Å². The number of hydrogen-bond donors (Lipinski definition) is 1. The molecule has 3 aliphatic rings. The first-order valence-corrected chi connectivity index (χ1v) is 12.9. The van der Waals surface area contributed by atoms with Gasteiger partial charge in [-0.2, -0.15) is 0 Å². The van der Waals surface area contributed by atoms with Crippen molar-refractivity contribution in [3.63, 3.8) is 0 Å². The van der Waals surface area contributed by atoms with Crippen LogP contribution in [0.2, 0.25) is 5.02 Å². The molecule has 2 saturated heterocycles. The number of aromatic nitrogens is 2. The van der Waals surface area contributed by atoms with E-state index >= 15 is 0 Å². The third-order valence-corrected chi connectivity index (χ3v) is 6.99. The van der Waals surface area contributed by atoms with Crippen LogP contribution in [0, 0.1) is 0 Å². The molecule has 36 heavy (non-hydrogen) atoms. The smallest absolute Gasteiger partial charge is 0.231 e. The Morgan fingerprint density at radius 1 is 1.08 bits per heavy atom. The molecular weight excluding hydrogens is 484 g/mol. The van der Waals surface area contributed by atoms with Gasteiger partial charge < -0.3 is 29.0 Å². The SMILES string of the molecule is Clc1ccc2c(c1Nc1ncnc3cc(OCCN4CCCC4)cc(OC4CCCCO4)c13)OCO2. The summed E-state index contributed by atoms with van der Waals surface area (Å²) in [7, 11) is 0. The maximum absolute atomic E-state index is 6.52. The number of hydrogen-bond acceptors (Lipinski definition) is 9. The van der Waals surface area contributed by atoms with Crippen molar-refractivity contribution in [2.45, 2.75) is 38.4 Å². The monoisotopic (exact) mass is 512 g/mol. The maximum atomic E-state index is 6.52. The lowest BCUT2D eigenvalue weighted by Crippen LogP contribution is -2.25. The van der Waals surface area contributed by atoms with Crippen LogP contribution < -0.4 is 24.3 Å². The van der Waals surface area contributed by atoms with Crippen LogP contribution >= 0.6 is 11.6 Å². The molecular formula is C26H29ClN4O5. The van der Waals surface area contributed by atoms with Crippen LogP contribution in [0.1, 0.15) is 32.1 Å². The summed E-state index contributed by atoms with van der Waals surface area (Å²) < 4.78 is 29.6. The molecule has 10 heteroatoms. The van der Waals surface area contributed by atoms with Gasteiger partial charge in [0.1, 0.15) is 35.9 Å². The molecule has 2 aromatic carbocycles. The second-order valence-electron chi connectivity index (χ2n) is 9.13. The molecule has 1 N–H and O–H groups in total. The van der Waals surface area contributed by atoms with Gasteiger partial charge in [-0.05, 0) is 50.9 Å². The Morgan fingerprint density at radius 3 is 2.86 bits per heavy atom. The van der Waals surface area contributed by atoms with Crippen molar-refractivity contribution >= 4 is 34.0 Å². The van der Waals surface area contributed by atoms with Crippen molar-refractivity contribution in [3.8, 4) is 23.0 Å². The predicted octanol–water partition coefficient (Wildman–Crippen LogP) is 5.14. The number of anilines is 2.